The van der Waals surface area contributed by atoms with Crippen molar-refractivity contribution >= 4 is 35.8 Å². The highest BCUT2D eigenvalue weighted by Gasteiger charge is 2.07. The Labute approximate surface area is 193 Å². The first-order valence-electron chi connectivity index (χ1n) is 9.49. The Hall–Kier alpha value is -2.56. The Bertz CT molecular complexity index is 818. The first-order valence-corrected chi connectivity index (χ1v) is 9.49. The van der Waals surface area contributed by atoms with Crippen molar-refractivity contribution in [3.05, 3.63) is 59.9 Å². The molecule has 0 aliphatic heterocycles. The SMILES string of the molecule is CCNC(=NCC(C)Oc1cccc(F)c1)NCCNC(=O)c1ccc(O)cc1.I. The number of rotatable bonds is 9. The van der Waals surface area contributed by atoms with Crippen LogP contribution in [0.2, 0.25) is 0 Å². The van der Waals surface area contributed by atoms with Crippen molar-refractivity contribution in [3.63, 3.8) is 0 Å². The smallest absolute Gasteiger partial charge is 0.251 e. The quantitative estimate of drug-likeness (QED) is 0.173. The zero-order chi connectivity index (χ0) is 21.1. The molecule has 0 saturated heterocycles. The molecule has 0 aliphatic rings. The standard InChI is InChI=1S/C21H27FN4O3.HI/c1-3-23-21(26-14-15(2)29-19-6-4-5-17(22)13-19)25-12-11-24-20(28)16-7-9-18(27)10-8-16;/h4-10,13,15,27H,3,11-12,14H2,1-2H3,(H,24,28)(H2,23,25,26);1H. The molecule has 2 rings (SSSR count). The van der Waals surface area contributed by atoms with Gasteiger partial charge >= 0.3 is 0 Å². The van der Waals surface area contributed by atoms with E-state index in [1.165, 1.54) is 24.3 Å². The molecular weight excluding hydrogens is 502 g/mol. The van der Waals surface area contributed by atoms with Crippen LogP contribution in [0.4, 0.5) is 4.39 Å². The molecule has 1 atom stereocenters. The molecule has 9 heteroatoms. The highest BCUT2D eigenvalue weighted by molar-refractivity contribution is 14.0. The van der Waals surface area contributed by atoms with Gasteiger partial charge < -0.3 is 25.8 Å². The molecular formula is C21H28FIN4O3. The van der Waals surface area contributed by atoms with Gasteiger partial charge in [0.25, 0.3) is 5.91 Å². The van der Waals surface area contributed by atoms with E-state index in [0.717, 1.165) is 0 Å². The molecule has 2 aromatic carbocycles. The number of hydrogen-bond acceptors (Lipinski definition) is 4. The van der Waals surface area contributed by atoms with Crippen LogP contribution in [0, 0.1) is 5.82 Å². The van der Waals surface area contributed by atoms with Gasteiger partial charge in [-0.05, 0) is 50.2 Å². The van der Waals surface area contributed by atoms with Crippen LogP contribution in [0.1, 0.15) is 24.2 Å². The first kappa shape index (κ1) is 25.5. The second kappa shape index (κ2) is 13.6. The summed E-state index contributed by atoms with van der Waals surface area (Å²) >= 11 is 0. The van der Waals surface area contributed by atoms with Crippen molar-refractivity contribution < 1.29 is 19.0 Å². The minimum Gasteiger partial charge on any atom is -0.508 e. The molecule has 0 radical (unpaired) electrons. The second-order valence-corrected chi connectivity index (χ2v) is 6.34. The van der Waals surface area contributed by atoms with Crippen molar-refractivity contribution in [2.45, 2.75) is 20.0 Å². The number of nitrogens with zero attached hydrogens (tertiary/aromatic N) is 1. The van der Waals surface area contributed by atoms with Crippen LogP contribution in [0.5, 0.6) is 11.5 Å². The number of benzene rings is 2. The summed E-state index contributed by atoms with van der Waals surface area (Å²) in [7, 11) is 0. The van der Waals surface area contributed by atoms with Gasteiger partial charge in [0.15, 0.2) is 5.96 Å². The summed E-state index contributed by atoms with van der Waals surface area (Å²) in [5, 5.41) is 18.3. The van der Waals surface area contributed by atoms with Crippen LogP contribution in [-0.4, -0.2) is 49.3 Å². The van der Waals surface area contributed by atoms with Crippen molar-refractivity contribution in [2.75, 3.05) is 26.2 Å². The predicted octanol–water partition coefficient (Wildman–Crippen LogP) is 2.90. The van der Waals surface area contributed by atoms with Crippen LogP contribution in [0.15, 0.2) is 53.5 Å². The molecule has 4 N–H and O–H groups in total. The minimum absolute atomic E-state index is 0. The molecule has 1 amide bonds. The number of guanidine groups is 1. The Balaban J connectivity index is 0.00000450. The van der Waals surface area contributed by atoms with Gasteiger partial charge in [-0.15, -0.1) is 24.0 Å². The Morgan fingerprint density at radius 3 is 2.50 bits per heavy atom. The summed E-state index contributed by atoms with van der Waals surface area (Å²) < 4.78 is 18.9. The van der Waals surface area contributed by atoms with E-state index < -0.39 is 0 Å². The lowest BCUT2D eigenvalue weighted by Crippen LogP contribution is -2.42. The van der Waals surface area contributed by atoms with Crippen LogP contribution >= 0.6 is 24.0 Å². The number of carbonyl (C=O) groups is 1. The minimum atomic E-state index is -0.345. The van der Waals surface area contributed by atoms with Crippen LogP contribution in [-0.2, 0) is 0 Å². The van der Waals surface area contributed by atoms with Gasteiger partial charge in [0.1, 0.15) is 23.4 Å². The third-order valence-corrected chi connectivity index (χ3v) is 3.82. The zero-order valence-electron chi connectivity index (χ0n) is 17.0. The third-order valence-electron chi connectivity index (χ3n) is 3.82. The molecule has 0 saturated carbocycles. The summed E-state index contributed by atoms with van der Waals surface area (Å²) in [5.41, 5.74) is 0.478. The summed E-state index contributed by atoms with van der Waals surface area (Å²) in [5.74, 6) is 0.613. The number of nitrogens with one attached hydrogen (secondary N) is 3. The number of ether oxygens (including phenoxy) is 1. The van der Waals surface area contributed by atoms with Crippen molar-refractivity contribution in [3.8, 4) is 11.5 Å². The largest absolute Gasteiger partial charge is 0.508 e. The highest BCUT2D eigenvalue weighted by Crippen LogP contribution is 2.13. The lowest BCUT2D eigenvalue weighted by atomic mass is 10.2. The molecule has 7 nitrogen and oxygen atoms in total. The normalized spacial score (nSPS) is 11.8. The van der Waals surface area contributed by atoms with E-state index in [0.29, 0.717) is 43.5 Å². The van der Waals surface area contributed by atoms with Gasteiger partial charge in [0, 0.05) is 31.3 Å². The molecule has 0 spiro atoms. The molecule has 0 bridgehead atoms. The highest BCUT2D eigenvalue weighted by atomic mass is 127. The average molecular weight is 530 g/mol. The first-order chi connectivity index (χ1) is 14.0. The molecule has 0 fully saturated rings. The monoisotopic (exact) mass is 530 g/mol. The van der Waals surface area contributed by atoms with Crippen LogP contribution in [0.3, 0.4) is 0 Å². The van der Waals surface area contributed by atoms with Crippen molar-refractivity contribution in [2.24, 2.45) is 4.99 Å². The van der Waals surface area contributed by atoms with Gasteiger partial charge in [-0.3, -0.25) is 4.79 Å². The average Bonchev–Trinajstić information content (AvgIpc) is 2.69. The van der Waals surface area contributed by atoms with Crippen molar-refractivity contribution in [1.29, 1.82) is 0 Å². The van der Waals surface area contributed by atoms with E-state index in [-0.39, 0.29) is 47.6 Å². The summed E-state index contributed by atoms with van der Waals surface area (Å²) in [6, 6.07) is 12.0. The zero-order valence-corrected chi connectivity index (χ0v) is 19.4. The number of hydrogen-bond donors (Lipinski definition) is 4. The van der Waals surface area contributed by atoms with E-state index in [9.17, 15) is 14.3 Å². The molecule has 2 aromatic rings. The second-order valence-electron chi connectivity index (χ2n) is 6.34. The molecule has 1 unspecified atom stereocenters. The lowest BCUT2D eigenvalue weighted by Gasteiger charge is -2.15. The summed E-state index contributed by atoms with van der Waals surface area (Å²) in [6.07, 6.45) is -0.235. The maximum absolute atomic E-state index is 13.2. The molecule has 0 heterocycles. The fourth-order valence-corrected chi connectivity index (χ4v) is 2.44. The van der Waals surface area contributed by atoms with Gasteiger partial charge in [-0.25, -0.2) is 9.38 Å². The predicted molar refractivity (Wildman–Crippen MR) is 126 cm³/mol. The Morgan fingerprint density at radius 1 is 1.13 bits per heavy atom. The third kappa shape index (κ3) is 9.29. The summed E-state index contributed by atoms with van der Waals surface area (Å²) in [6.45, 7) is 5.76. The number of amides is 1. The lowest BCUT2D eigenvalue weighted by molar-refractivity contribution is 0.0954. The van der Waals surface area contributed by atoms with Gasteiger partial charge in [-0.2, -0.15) is 0 Å². The number of aromatic hydroxyl groups is 1. The van der Waals surface area contributed by atoms with E-state index >= 15 is 0 Å². The fraction of sp³-hybridized carbons (Fsp3) is 0.333. The molecule has 30 heavy (non-hydrogen) atoms. The molecule has 0 aliphatic carbocycles. The Kier molecular flexibility index (Phi) is 11.6. The number of phenolic OH excluding ortho intramolecular Hbond substituents is 1. The number of halogens is 2. The van der Waals surface area contributed by atoms with E-state index in [1.54, 1.807) is 24.3 Å². The van der Waals surface area contributed by atoms with Crippen LogP contribution < -0.4 is 20.7 Å². The van der Waals surface area contributed by atoms with Gasteiger partial charge in [-0.1, -0.05) is 6.07 Å². The fourth-order valence-electron chi connectivity index (χ4n) is 2.44. The molecule has 164 valence electrons. The van der Waals surface area contributed by atoms with E-state index in [4.69, 9.17) is 4.74 Å². The van der Waals surface area contributed by atoms with E-state index in [2.05, 4.69) is 20.9 Å². The molecule has 0 aromatic heterocycles. The topological polar surface area (TPSA) is 95.0 Å². The maximum atomic E-state index is 13.2. The Morgan fingerprint density at radius 2 is 1.83 bits per heavy atom. The van der Waals surface area contributed by atoms with Crippen molar-refractivity contribution in [1.82, 2.24) is 16.0 Å². The van der Waals surface area contributed by atoms with E-state index in [1.807, 2.05) is 13.8 Å². The maximum Gasteiger partial charge on any atom is 0.251 e. The number of aliphatic imine (C=N–C) groups is 1. The number of carbonyl (C=O) groups excluding carboxylic acids is 1. The van der Waals surface area contributed by atoms with Gasteiger partial charge in [0.05, 0.1) is 6.54 Å². The summed E-state index contributed by atoms with van der Waals surface area (Å²) in [4.78, 5) is 16.5. The van der Waals surface area contributed by atoms with Crippen LogP contribution in [0.25, 0.3) is 0 Å². The number of phenols is 1. The van der Waals surface area contributed by atoms with Gasteiger partial charge in [0.2, 0.25) is 0 Å².